The Bertz CT molecular complexity index is 572. The van der Waals surface area contributed by atoms with Gasteiger partial charge in [-0.05, 0) is 29.7 Å². The van der Waals surface area contributed by atoms with Crippen molar-refractivity contribution in [2.75, 3.05) is 24.2 Å². The average Bonchev–Trinajstić information content (AvgIpc) is 2.54. The van der Waals surface area contributed by atoms with Crippen LogP contribution in [0.15, 0.2) is 36.9 Å². The van der Waals surface area contributed by atoms with Crippen molar-refractivity contribution in [3.05, 3.63) is 42.5 Å². The maximum absolute atomic E-state index is 12.4. The van der Waals surface area contributed by atoms with Crippen LogP contribution in [-0.4, -0.2) is 40.8 Å². The summed E-state index contributed by atoms with van der Waals surface area (Å²) in [6.07, 6.45) is 1.30. The van der Waals surface area contributed by atoms with Crippen molar-refractivity contribution in [2.45, 2.75) is 25.0 Å². The number of carbonyl (C=O) groups is 2. The minimum absolute atomic E-state index is 0.0486. The minimum Gasteiger partial charge on any atom is -0.337 e. The molecule has 1 saturated heterocycles. The Morgan fingerprint density at radius 1 is 1.45 bits per heavy atom. The molecule has 1 aliphatic rings. The molecule has 1 fully saturated rings. The van der Waals surface area contributed by atoms with Crippen LogP contribution in [0.5, 0.6) is 0 Å². The van der Waals surface area contributed by atoms with Gasteiger partial charge in [0.05, 0.1) is 0 Å². The van der Waals surface area contributed by atoms with Crippen LogP contribution in [0.4, 0.5) is 5.69 Å². The number of hydrogen-bond acceptors (Lipinski definition) is 3. The Morgan fingerprint density at radius 3 is 2.91 bits per heavy atom. The molecule has 0 radical (unpaired) electrons. The van der Waals surface area contributed by atoms with E-state index in [0.717, 1.165) is 11.4 Å². The van der Waals surface area contributed by atoms with Gasteiger partial charge in [0.25, 0.3) is 0 Å². The van der Waals surface area contributed by atoms with Gasteiger partial charge in [0.1, 0.15) is 5.25 Å². The summed E-state index contributed by atoms with van der Waals surface area (Å²) in [5, 5.41) is 2.73. The molecule has 0 aromatic heterocycles. The van der Waals surface area contributed by atoms with E-state index in [4.69, 9.17) is 0 Å². The van der Waals surface area contributed by atoms with Crippen LogP contribution in [0.2, 0.25) is 0 Å². The van der Waals surface area contributed by atoms with E-state index in [1.54, 1.807) is 16.7 Å². The molecule has 0 spiro atoms. The summed E-state index contributed by atoms with van der Waals surface area (Å²) in [6.45, 7) is 8.85. The number of hydrogen-bond donors (Lipinski definition) is 1. The van der Waals surface area contributed by atoms with Gasteiger partial charge in [0.2, 0.25) is 11.8 Å². The van der Waals surface area contributed by atoms with Gasteiger partial charge < -0.3 is 10.2 Å². The van der Waals surface area contributed by atoms with Gasteiger partial charge in [0, 0.05) is 24.5 Å². The summed E-state index contributed by atoms with van der Waals surface area (Å²) >= 11 is 1.59. The molecule has 1 heterocycles. The predicted octanol–water partition coefficient (Wildman–Crippen LogP) is 2.88. The maximum Gasteiger partial charge on any atom is 0.246 e. The summed E-state index contributed by atoms with van der Waals surface area (Å²) in [7, 11) is 0. The number of benzene rings is 1. The first kappa shape index (κ1) is 16.6. The topological polar surface area (TPSA) is 49.4 Å². The maximum atomic E-state index is 12.4. The molecule has 4 nitrogen and oxygen atoms in total. The van der Waals surface area contributed by atoms with Gasteiger partial charge in [-0.1, -0.05) is 32.6 Å². The lowest BCUT2D eigenvalue weighted by Gasteiger charge is -2.30. The number of rotatable bonds is 4. The molecule has 0 aliphatic carbocycles. The van der Waals surface area contributed by atoms with Crippen LogP contribution in [0, 0.1) is 0 Å². The van der Waals surface area contributed by atoms with E-state index in [1.165, 1.54) is 11.6 Å². The van der Waals surface area contributed by atoms with E-state index >= 15 is 0 Å². The lowest BCUT2D eigenvalue weighted by atomic mass is 10.0. The van der Waals surface area contributed by atoms with Gasteiger partial charge in [-0.3, -0.25) is 9.59 Å². The Hall–Kier alpha value is -1.75. The smallest absolute Gasteiger partial charge is 0.246 e. The fraction of sp³-hybridized carbons (Fsp3) is 0.412. The summed E-state index contributed by atoms with van der Waals surface area (Å²) < 4.78 is 0. The zero-order valence-electron chi connectivity index (χ0n) is 13.0. The molecule has 0 saturated carbocycles. The molecule has 1 aliphatic heterocycles. The first-order valence-corrected chi connectivity index (χ1v) is 8.50. The average molecular weight is 318 g/mol. The third-order valence-corrected chi connectivity index (χ3v) is 4.85. The number of thioether (sulfide) groups is 1. The first-order chi connectivity index (χ1) is 10.5. The normalized spacial score (nSPS) is 18.1. The van der Waals surface area contributed by atoms with Crippen LogP contribution < -0.4 is 5.32 Å². The van der Waals surface area contributed by atoms with E-state index in [-0.39, 0.29) is 17.1 Å². The fourth-order valence-corrected chi connectivity index (χ4v) is 3.44. The Balaban J connectivity index is 2.01. The van der Waals surface area contributed by atoms with E-state index in [2.05, 4.69) is 31.8 Å². The third-order valence-electron chi connectivity index (χ3n) is 3.67. The van der Waals surface area contributed by atoms with Gasteiger partial charge in [-0.25, -0.2) is 0 Å². The Kier molecular flexibility index (Phi) is 5.66. The van der Waals surface area contributed by atoms with E-state index in [9.17, 15) is 9.59 Å². The number of carbonyl (C=O) groups excluding carboxylic acids is 2. The van der Waals surface area contributed by atoms with Crippen LogP contribution in [-0.2, 0) is 9.59 Å². The highest BCUT2D eigenvalue weighted by Gasteiger charge is 2.28. The number of nitrogens with zero attached hydrogens (tertiary/aromatic N) is 1. The molecule has 0 bridgehead atoms. The second-order valence-electron chi connectivity index (χ2n) is 5.62. The molecule has 22 heavy (non-hydrogen) atoms. The zero-order valence-corrected chi connectivity index (χ0v) is 13.9. The van der Waals surface area contributed by atoms with E-state index < -0.39 is 0 Å². The predicted molar refractivity (Wildman–Crippen MR) is 92.2 cm³/mol. The second-order valence-corrected chi connectivity index (χ2v) is 6.93. The number of anilines is 1. The Morgan fingerprint density at radius 2 is 2.23 bits per heavy atom. The van der Waals surface area contributed by atoms with Gasteiger partial charge in [0.15, 0.2) is 0 Å². The van der Waals surface area contributed by atoms with E-state index in [0.29, 0.717) is 19.0 Å². The van der Waals surface area contributed by atoms with Crippen molar-refractivity contribution in [3.8, 4) is 0 Å². The van der Waals surface area contributed by atoms with Crippen LogP contribution >= 0.6 is 11.8 Å². The molecule has 1 atom stereocenters. The van der Waals surface area contributed by atoms with Crippen LogP contribution in [0.3, 0.4) is 0 Å². The summed E-state index contributed by atoms with van der Waals surface area (Å²) in [6, 6.07) is 7.90. The van der Waals surface area contributed by atoms with Crippen LogP contribution in [0.1, 0.15) is 25.3 Å². The molecule has 1 aromatic carbocycles. The number of nitrogens with one attached hydrogen (secondary N) is 1. The van der Waals surface area contributed by atoms with Gasteiger partial charge in [-0.15, -0.1) is 11.8 Å². The Labute approximate surface area is 136 Å². The summed E-state index contributed by atoms with van der Waals surface area (Å²) in [5.41, 5.74) is 2.00. The molecule has 2 rings (SSSR count). The standard InChI is InChI=1S/C17H22N2O2S/c1-4-16(20)19-8-9-22-15(11-19)17(21)18-14-7-5-6-13(10-14)12(2)3/h4-7,10,12,15H,1,8-9,11H2,2-3H3,(H,18,21). The van der Waals surface area contributed by atoms with Crippen molar-refractivity contribution >= 4 is 29.3 Å². The molecule has 5 heteroatoms. The van der Waals surface area contributed by atoms with E-state index in [1.807, 2.05) is 18.2 Å². The highest BCUT2D eigenvalue weighted by molar-refractivity contribution is 8.00. The lowest BCUT2D eigenvalue weighted by molar-refractivity contribution is -0.126. The molecule has 1 N–H and O–H groups in total. The lowest BCUT2D eigenvalue weighted by Crippen LogP contribution is -2.45. The monoisotopic (exact) mass is 318 g/mol. The largest absolute Gasteiger partial charge is 0.337 e. The van der Waals surface area contributed by atoms with Gasteiger partial charge in [-0.2, -0.15) is 0 Å². The highest BCUT2D eigenvalue weighted by Crippen LogP contribution is 2.22. The van der Waals surface area contributed by atoms with Gasteiger partial charge >= 0.3 is 0 Å². The van der Waals surface area contributed by atoms with Crippen LogP contribution in [0.25, 0.3) is 0 Å². The molecule has 1 unspecified atom stereocenters. The number of amides is 2. The molecule has 2 amide bonds. The van der Waals surface area contributed by atoms with Crippen molar-refractivity contribution in [1.29, 1.82) is 0 Å². The first-order valence-electron chi connectivity index (χ1n) is 7.45. The van der Waals surface area contributed by atoms with Crippen molar-refractivity contribution in [1.82, 2.24) is 4.90 Å². The SMILES string of the molecule is C=CC(=O)N1CCSC(C(=O)Nc2cccc(C(C)C)c2)C1. The summed E-state index contributed by atoms with van der Waals surface area (Å²) in [4.78, 5) is 25.8. The molecule has 1 aromatic rings. The van der Waals surface area contributed by atoms with Crippen molar-refractivity contribution in [3.63, 3.8) is 0 Å². The second kappa shape index (κ2) is 7.49. The fourth-order valence-electron chi connectivity index (χ4n) is 2.34. The molecule has 118 valence electrons. The molecular weight excluding hydrogens is 296 g/mol. The highest BCUT2D eigenvalue weighted by atomic mass is 32.2. The quantitative estimate of drug-likeness (QED) is 0.869. The molecular formula is C17H22N2O2S. The summed E-state index contributed by atoms with van der Waals surface area (Å²) in [5.74, 6) is 1.03. The van der Waals surface area contributed by atoms with Crippen molar-refractivity contribution < 1.29 is 9.59 Å². The van der Waals surface area contributed by atoms with Crippen molar-refractivity contribution in [2.24, 2.45) is 0 Å². The minimum atomic E-state index is -0.236. The third kappa shape index (κ3) is 4.13. The zero-order chi connectivity index (χ0) is 16.1.